The Bertz CT molecular complexity index is 715. The number of aromatic nitrogens is 1. The SMILES string of the molecule is O=C(NCc1cc(-c2ccccc2)no1)N[C@H]1CCN2CCCC[C@@H]12. The molecule has 0 bridgehead atoms. The summed E-state index contributed by atoms with van der Waals surface area (Å²) in [6, 6.07) is 12.4. The first-order valence-corrected chi connectivity index (χ1v) is 9.09. The highest BCUT2D eigenvalue weighted by Crippen LogP contribution is 2.27. The molecule has 0 unspecified atom stereocenters. The average Bonchev–Trinajstić information content (AvgIpc) is 3.28. The molecule has 0 saturated carbocycles. The number of rotatable bonds is 4. The molecule has 25 heavy (non-hydrogen) atoms. The summed E-state index contributed by atoms with van der Waals surface area (Å²) in [6.45, 7) is 2.61. The van der Waals surface area contributed by atoms with E-state index in [1.165, 1.54) is 25.8 Å². The van der Waals surface area contributed by atoms with Crippen molar-refractivity contribution in [3.05, 3.63) is 42.2 Å². The molecular formula is C19H24N4O2. The normalized spacial score (nSPS) is 23.2. The van der Waals surface area contributed by atoms with E-state index in [9.17, 15) is 4.79 Å². The van der Waals surface area contributed by atoms with Crippen LogP contribution in [-0.2, 0) is 6.54 Å². The Morgan fingerprint density at radius 1 is 1.20 bits per heavy atom. The summed E-state index contributed by atoms with van der Waals surface area (Å²) in [4.78, 5) is 14.7. The van der Waals surface area contributed by atoms with Crippen molar-refractivity contribution in [2.45, 2.75) is 44.3 Å². The van der Waals surface area contributed by atoms with Crippen molar-refractivity contribution >= 4 is 6.03 Å². The topological polar surface area (TPSA) is 70.4 Å². The Morgan fingerprint density at radius 3 is 2.96 bits per heavy atom. The number of nitrogens with zero attached hydrogens (tertiary/aromatic N) is 2. The lowest BCUT2D eigenvalue weighted by Gasteiger charge is -2.32. The monoisotopic (exact) mass is 340 g/mol. The fourth-order valence-electron chi connectivity index (χ4n) is 3.94. The second-order valence-electron chi connectivity index (χ2n) is 6.87. The van der Waals surface area contributed by atoms with Gasteiger partial charge in [0.1, 0.15) is 5.69 Å². The molecule has 1 aromatic heterocycles. The zero-order valence-corrected chi connectivity index (χ0v) is 14.3. The van der Waals surface area contributed by atoms with Gasteiger partial charge in [-0.15, -0.1) is 0 Å². The molecular weight excluding hydrogens is 316 g/mol. The van der Waals surface area contributed by atoms with Gasteiger partial charge in [0.05, 0.1) is 6.54 Å². The van der Waals surface area contributed by atoms with Crippen LogP contribution in [0.15, 0.2) is 40.9 Å². The largest absolute Gasteiger partial charge is 0.359 e. The van der Waals surface area contributed by atoms with E-state index in [2.05, 4.69) is 20.7 Å². The van der Waals surface area contributed by atoms with Crippen LogP contribution in [0.5, 0.6) is 0 Å². The van der Waals surface area contributed by atoms with Crippen molar-refractivity contribution in [3.8, 4) is 11.3 Å². The van der Waals surface area contributed by atoms with Crippen LogP contribution < -0.4 is 10.6 Å². The molecule has 0 radical (unpaired) electrons. The minimum absolute atomic E-state index is 0.130. The number of hydrogen-bond donors (Lipinski definition) is 2. The van der Waals surface area contributed by atoms with Gasteiger partial charge in [0, 0.05) is 30.3 Å². The van der Waals surface area contributed by atoms with E-state index in [4.69, 9.17) is 4.52 Å². The summed E-state index contributed by atoms with van der Waals surface area (Å²) in [6.07, 6.45) is 4.78. The molecule has 0 spiro atoms. The maximum Gasteiger partial charge on any atom is 0.315 e. The van der Waals surface area contributed by atoms with Gasteiger partial charge >= 0.3 is 6.03 Å². The molecule has 2 atom stereocenters. The predicted molar refractivity (Wildman–Crippen MR) is 94.9 cm³/mol. The van der Waals surface area contributed by atoms with E-state index in [-0.39, 0.29) is 12.1 Å². The van der Waals surface area contributed by atoms with Crippen LogP contribution in [-0.4, -0.2) is 41.3 Å². The van der Waals surface area contributed by atoms with Crippen LogP contribution in [0.3, 0.4) is 0 Å². The number of carbonyl (C=O) groups excluding carboxylic acids is 1. The Kier molecular flexibility index (Phi) is 4.70. The Balaban J connectivity index is 1.28. The van der Waals surface area contributed by atoms with Crippen LogP contribution in [0.4, 0.5) is 4.79 Å². The number of urea groups is 1. The number of benzene rings is 1. The first-order chi connectivity index (χ1) is 12.3. The zero-order chi connectivity index (χ0) is 17.1. The average molecular weight is 340 g/mol. The van der Waals surface area contributed by atoms with Gasteiger partial charge in [-0.3, -0.25) is 4.90 Å². The van der Waals surface area contributed by atoms with Crippen LogP contribution >= 0.6 is 0 Å². The molecule has 2 saturated heterocycles. The lowest BCUT2D eigenvalue weighted by molar-refractivity contribution is 0.178. The fourth-order valence-corrected chi connectivity index (χ4v) is 3.94. The highest BCUT2D eigenvalue weighted by atomic mass is 16.5. The van der Waals surface area contributed by atoms with Gasteiger partial charge in [-0.25, -0.2) is 4.79 Å². The van der Waals surface area contributed by atoms with Gasteiger partial charge in [-0.1, -0.05) is 41.9 Å². The Morgan fingerprint density at radius 2 is 2.08 bits per heavy atom. The molecule has 0 aliphatic carbocycles. The number of nitrogens with one attached hydrogen (secondary N) is 2. The molecule has 132 valence electrons. The van der Waals surface area contributed by atoms with Gasteiger partial charge < -0.3 is 15.2 Å². The molecule has 2 aliphatic heterocycles. The Labute approximate surface area is 147 Å². The molecule has 1 aromatic carbocycles. The number of hydrogen-bond acceptors (Lipinski definition) is 4. The first-order valence-electron chi connectivity index (χ1n) is 9.09. The lowest BCUT2D eigenvalue weighted by atomic mass is 9.99. The van der Waals surface area contributed by atoms with Gasteiger partial charge in [-0.2, -0.15) is 0 Å². The molecule has 2 aromatic rings. The quantitative estimate of drug-likeness (QED) is 0.898. The number of carbonyl (C=O) groups is 1. The van der Waals surface area contributed by atoms with Gasteiger partial charge in [0.25, 0.3) is 0 Å². The fraction of sp³-hybridized carbons (Fsp3) is 0.474. The minimum atomic E-state index is -0.130. The second kappa shape index (κ2) is 7.27. The summed E-state index contributed by atoms with van der Waals surface area (Å²) >= 11 is 0. The third-order valence-electron chi connectivity index (χ3n) is 5.22. The Hall–Kier alpha value is -2.34. The summed E-state index contributed by atoms with van der Waals surface area (Å²) in [5, 5.41) is 10.1. The maximum absolute atomic E-state index is 12.2. The van der Waals surface area contributed by atoms with Crippen LogP contribution in [0.1, 0.15) is 31.4 Å². The molecule has 6 nitrogen and oxygen atoms in total. The molecule has 6 heteroatoms. The van der Waals surface area contributed by atoms with Crippen molar-refractivity contribution in [2.24, 2.45) is 0 Å². The summed E-state index contributed by atoms with van der Waals surface area (Å²) in [5.74, 6) is 0.653. The smallest absolute Gasteiger partial charge is 0.315 e. The molecule has 2 aliphatic rings. The predicted octanol–water partition coefficient (Wildman–Crippen LogP) is 2.77. The molecule has 4 rings (SSSR count). The van der Waals surface area contributed by atoms with Crippen LogP contribution in [0.25, 0.3) is 11.3 Å². The second-order valence-corrected chi connectivity index (χ2v) is 6.87. The third-order valence-corrected chi connectivity index (χ3v) is 5.22. The number of fused-ring (bicyclic) bond motifs is 1. The van der Waals surface area contributed by atoms with Crippen molar-refractivity contribution < 1.29 is 9.32 Å². The van der Waals surface area contributed by atoms with Crippen molar-refractivity contribution in [2.75, 3.05) is 13.1 Å². The van der Waals surface area contributed by atoms with Crippen molar-refractivity contribution in [1.29, 1.82) is 0 Å². The van der Waals surface area contributed by atoms with Crippen LogP contribution in [0, 0.1) is 0 Å². The maximum atomic E-state index is 12.2. The van der Waals surface area contributed by atoms with Crippen molar-refractivity contribution in [3.63, 3.8) is 0 Å². The van der Waals surface area contributed by atoms with E-state index in [0.29, 0.717) is 18.3 Å². The molecule has 2 N–H and O–H groups in total. The van der Waals surface area contributed by atoms with Crippen LogP contribution in [0.2, 0.25) is 0 Å². The number of piperidine rings is 1. The highest BCUT2D eigenvalue weighted by molar-refractivity contribution is 5.74. The molecule has 3 heterocycles. The van der Waals surface area contributed by atoms with Gasteiger partial charge in [0.15, 0.2) is 5.76 Å². The van der Waals surface area contributed by atoms with Gasteiger partial charge in [0.2, 0.25) is 0 Å². The standard InChI is InChI=1S/C19H24N4O2/c24-19(21-16-9-11-23-10-5-4-8-18(16)23)20-13-15-12-17(22-25-15)14-6-2-1-3-7-14/h1-3,6-7,12,16,18H,4-5,8-11,13H2,(H2,20,21,24)/t16-,18-/m0/s1. The van der Waals surface area contributed by atoms with E-state index >= 15 is 0 Å². The van der Waals surface area contributed by atoms with Gasteiger partial charge in [-0.05, 0) is 25.8 Å². The summed E-state index contributed by atoms with van der Waals surface area (Å²) in [7, 11) is 0. The minimum Gasteiger partial charge on any atom is -0.359 e. The lowest BCUT2D eigenvalue weighted by Crippen LogP contribution is -2.49. The van der Waals surface area contributed by atoms with E-state index in [0.717, 1.165) is 24.2 Å². The first kappa shape index (κ1) is 16.1. The number of amides is 2. The summed E-state index contributed by atoms with van der Waals surface area (Å²) in [5.41, 5.74) is 1.79. The molecule has 2 amide bonds. The third kappa shape index (κ3) is 3.69. The van der Waals surface area contributed by atoms with E-state index in [1.807, 2.05) is 36.4 Å². The summed E-state index contributed by atoms with van der Waals surface area (Å²) < 4.78 is 5.32. The molecule has 2 fully saturated rings. The zero-order valence-electron chi connectivity index (χ0n) is 14.3. The van der Waals surface area contributed by atoms with E-state index in [1.54, 1.807) is 0 Å². The van der Waals surface area contributed by atoms with Crippen molar-refractivity contribution in [1.82, 2.24) is 20.7 Å². The highest BCUT2D eigenvalue weighted by Gasteiger charge is 2.36. The van der Waals surface area contributed by atoms with E-state index < -0.39 is 0 Å².